The molecule has 0 radical (unpaired) electrons. The van der Waals surface area contributed by atoms with Crippen LogP contribution in [-0.2, 0) is 6.61 Å². The summed E-state index contributed by atoms with van der Waals surface area (Å²) in [6.45, 7) is 0.195. The summed E-state index contributed by atoms with van der Waals surface area (Å²) in [6.07, 6.45) is -3.59. The summed E-state index contributed by atoms with van der Waals surface area (Å²) in [5.74, 6) is -0.948. The van der Waals surface area contributed by atoms with Crippen molar-refractivity contribution < 1.29 is 27.0 Å². The molecule has 0 N–H and O–H groups in total. The Morgan fingerprint density at radius 1 is 0.967 bits per heavy atom. The van der Waals surface area contributed by atoms with Crippen molar-refractivity contribution in [1.82, 2.24) is 14.5 Å². The second-order valence-corrected chi connectivity index (χ2v) is 6.29. The van der Waals surface area contributed by atoms with Crippen molar-refractivity contribution in [2.75, 3.05) is 0 Å². The minimum atomic E-state index is -3.34. The van der Waals surface area contributed by atoms with Crippen molar-refractivity contribution in [3.8, 4) is 17.3 Å². The minimum absolute atomic E-state index is 0.0494. The van der Waals surface area contributed by atoms with E-state index >= 15 is 0 Å². The number of fused-ring (bicyclic) bond motifs is 1. The quantitative estimate of drug-likeness (QED) is 0.394. The van der Waals surface area contributed by atoms with Crippen LogP contribution in [0.4, 0.5) is 17.6 Å². The molecule has 1 unspecified atom stereocenters. The normalized spacial score (nSPS) is 12.3. The first-order valence-corrected chi connectivity index (χ1v) is 8.90. The molecule has 0 aliphatic carbocycles. The third kappa shape index (κ3) is 4.05. The highest BCUT2D eigenvalue weighted by Crippen LogP contribution is 2.29. The van der Waals surface area contributed by atoms with Gasteiger partial charge in [0.1, 0.15) is 18.5 Å². The molecule has 9 heteroatoms. The van der Waals surface area contributed by atoms with Gasteiger partial charge in [-0.25, -0.2) is 18.2 Å². The summed E-state index contributed by atoms with van der Waals surface area (Å²) in [5, 5.41) is 0. The number of ether oxygens (including phenoxy) is 2. The zero-order chi connectivity index (χ0) is 21.1. The minimum Gasteiger partial charge on any atom is -0.486 e. The van der Waals surface area contributed by atoms with Gasteiger partial charge in [-0.1, -0.05) is 30.3 Å². The van der Waals surface area contributed by atoms with E-state index in [0.29, 0.717) is 11.2 Å². The van der Waals surface area contributed by atoms with Crippen molar-refractivity contribution >= 4 is 11.0 Å². The lowest BCUT2D eigenvalue weighted by molar-refractivity contribution is -0.0683. The van der Waals surface area contributed by atoms with Gasteiger partial charge in [0, 0.05) is 18.0 Å². The Hall–Kier alpha value is -3.62. The second kappa shape index (κ2) is 8.40. The highest BCUT2D eigenvalue weighted by atomic mass is 19.3. The number of hydrogen-bond acceptors (Lipinski definition) is 4. The third-order valence-corrected chi connectivity index (χ3v) is 4.29. The van der Waals surface area contributed by atoms with Crippen LogP contribution in [0.3, 0.4) is 0 Å². The Morgan fingerprint density at radius 3 is 2.50 bits per heavy atom. The van der Waals surface area contributed by atoms with Crippen LogP contribution in [0.5, 0.6) is 11.6 Å². The van der Waals surface area contributed by atoms with Crippen molar-refractivity contribution in [1.29, 1.82) is 0 Å². The topological polar surface area (TPSA) is 49.2 Å². The Kier molecular flexibility index (Phi) is 5.51. The van der Waals surface area contributed by atoms with E-state index in [1.165, 1.54) is 22.9 Å². The first-order valence-electron chi connectivity index (χ1n) is 8.90. The molecule has 30 heavy (non-hydrogen) atoms. The van der Waals surface area contributed by atoms with Crippen molar-refractivity contribution in [3.63, 3.8) is 0 Å². The Labute approximate surface area is 168 Å². The lowest BCUT2D eigenvalue weighted by Gasteiger charge is -2.13. The van der Waals surface area contributed by atoms with Crippen LogP contribution in [0.25, 0.3) is 16.7 Å². The average Bonchev–Trinajstić information content (AvgIpc) is 3.19. The van der Waals surface area contributed by atoms with E-state index in [4.69, 9.17) is 4.74 Å². The van der Waals surface area contributed by atoms with Gasteiger partial charge < -0.3 is 14.0 Å². The summed E-state index contributed by atoms with van der Waals surface area (Å²) in [5.41, 5.74) is 1.68. The molecule has 2 aromatic heterocycles. The fraction of sp³-hybridized carbons (Fsp3) is 0.143. The highest BCUT2D eigenvalue weighted by Gasteiger charge is 2.24. The number of halogens is 4. The maximum atomic E-state index is 14.6. The van der Waals surface area contributed by atoms with E-state index in [9.17, 15) is 17.6 Å². The van der Waals surface area contributed by atoms with Crippen LogP contribution in [-0.4, -0.2) is 27.3 Å². The molecule has 5 nitrogen and oxygen atoms in total. The molecule has 0 aliphatic heterocycles. The summed E-state index contributed by atoms with van der Waals surface area (Å²) in [4.78, 5) is 7.75. The molecular formula is C21H15F4N3O2. The van der Waals surface area contributed by atoms with Crippen LogP contribution in [0.2, 0.25) is 0 Å². The smallest absolute Gasteiger partial charge is 0.304 e. The molecule has 0 spiro atoms. The lowest BCUT2D eigenvalue weighted by Crippen LogP contribution is -2.20. The van der Waals surface area contributed by atoms with Gasteiger partial charge in [-0.15, -0.1) is 0 Å². The Bertz CT molecular complexity index is 1150. The first-order chi connectivity index (χ1) is 14.5. The number of aromatic nitrogens is 3. The van der Waals surface area contributed by atoms with Gasteiger partial charge in [-0.3, -0.25) is 0 Å². The van der Waals surface area contributed by atoms with E-state index in [0.717, 1.165) is 11.9 Å². The van der Waals surface area contributed by atoms with Crippen molar-refractivity contribution in [3.05, 3.63) is 78.5 Å². The van der Waals surface area contributed by atoms with E-state index in [1.807, 2.05) is 30.3 Å². The molecule has 2 heterocycles. The van der Waals surface area contributed by atoms with Gasteiger partial charge in [-0.2, -0.15) is 9.37 Å². The molecule has 1 atom stereocenters. The SMILES string of the molecule is Fc1cc(-n2ccc3ncnc(OC(F)C(F)F)c32)ccc1OCc1ccccc1. The lowest BCUT2D eigenvalue weighted by atomic mass is 10.2. The van der Waals surface area contributed by atoms with Gasteiger partial charge in [0.25, 0.3) is 6.36 Å². The summed E-state index contributed by atoms with van der Waals surface area (Å²) in [7, 11) is 0. The van der Waals surface area contributed by atoms with Gasteiger partial charge in [0.2, 0.25) is 5.88 Å². The number of rotatable bonds is 7. The standard InChI is InChI=1S/C21H15F4N3O2/c22-15-10-14(6-7-17(15)29-11-13-4-2-1-3-5-13)28-9-8-16-18(28)21(27-12-26-16)30-20(25)19(23)24/h1-10,12,19-20H,11H2. The molecule has 0 amide bonds. The van der Waals surface area contributed by atoms with Crippen molar-refractivity contribution in [2.45, 2.75) is 19.4 Å². The molecule has 2 aromatic carbocycles. The van der Waals surface area contributed by atoms with Gasteiger partial charge in [0.15, 0.2) is 11.6 Å². The zero-order valence-electron chi connectivity index (χ0n) is 15.4. The molecule has 0 saturated heterocycles. The monoisotopic (exact) mass is 417 g/mol. The summed E-state index contributed by atoms with van der Waals surface area (Å²) in [6, 6.07) is 15.1. The Morgan fingerprint density at radius 2 is 1.77 bits per heavy atom. The van der Waals surface area contributed by atoms with Crippen LogP contribution >= 0.6 is 0 Å². The van der Waals surface area contributed by atoms with Gasteiger partial charge >= 0.3 is 6.43 Å². The number of hydrogen-bond donors (Lipinski definition) is 0. The molecule has 0 saturated carbocycles. The molecule has 0 bridgehead atoms. The fourth-order valence-electron chi connectivity index (χ4n) is 2.89. The number of nitrogens with zero attached hydrogens (tertiary/aromatic N) is 3. The number of alkyl halides is 3. The van der Waals surface area contributed by atoms with Crippen LogP contribution in [0.15, 0.2) is 67.1 Å². The Balaban J connectivity index is 1.63. The molecule has 0 aliphatic rings. The van der Waals surface area contributed by atoms with E-state index in [2.05, 4.69) is 14.7 Å². The van der Waals surface area contributed by atoms with E-state index < -0.39 is 18.6 Å². The summed E-state index contributed by atoms with van der Waals surface area (Å²) >= 11 is 0. The van der Waals surface area contributed by atoms with E-state index in [1.54, 1.807) is 12.1 Å². The predicted octanol–water partition coefficient (Wildman–Crippen LogP) is 5.08. The maximum Gasteiger partial charge on any atom is 0.304 e. The highest BCUT2D eigenvalue weighted by molar-refractivity contribution is 5.82. The zero-order valence-corrected chi connectivity index (χ0v) is 15.4. The number of benzene rings is 2. The molecule has 4 aromatic rings. The third-order valence-electron chi connectivity index (χ3n) is 4.29. The van der Waals surface area contributed by atoms with Crippen LogP contribution < -0.4 is 9.47 Å². The maximum absolute atomic E-state index is 14.6. The predicted molar refractivity (Wildman–Crippen MR) is 101 cm³/mol. The van der Waals surface area contributed by atoms with Crippen molar-refractivity contribution in [2.24, 2.45) is 0 Å². The molecular weight excluding hydrogens is 402 g/mol. The van der Waals surface area contributed by atoms with Crippen LogP contribution in [0.1, 0.15) is 5.56 Å². The largest absolute Gasteiger partial charge is 0.486 e. The molecule has 0 fully saturated rings. The van der Waals surface area contributed by atoms with Crippen LogP contribution in [0, 0.1) is 5.82 Å². The molecule has 154 valence electrons. The van der Waals surface area contributed by atoms with Gasteiger partial charge in [-0.05, 0) is 23.8 Å². The van der Waals surface area contributed by atoms with E-state index in [-0.39, 0.29) is 23.8 Å². The molecule has 4 rings (SSSR count). The summed E-state index contributed by atoms with van der Waals surface area (Å²) < 4.78 is 64.7. The second-order valence-electron chi connectivity index (χ2n) is 6.29. The average molecular weight is 417 g/mol. The van der Waals surface area contributed by atoms with Gasteiger partial charge in [0.05, 0.1) is 5.52 Å². The first kappa shape index (κ1) is 19.7. The fourth-order valence-corrected chi connectivity index (χ4v) is 2.89.